The summed E-state index contributed by atoms with van der Waals surface area (Å²) in [6.45, 7) is -0.0156. The van der Waals surface area contributed by atoms with Crippen molar-refractivity contribution in [3.63, 3.8) is 0 Å². The number of nitrogens with two attached hydrogens (primary N) is 1. The fourth-order valence-corrected chi connectivity index (χ4v) is 3.63. The third kappa shape index (κ3) is 4.04. The molecule has 12 heteroatoms. The van der Waals surface area contributed by atoms with Gasteiger partial charge in [-0.05, 0) is 29.8 Å². The molecular formula is C20H17ClF3N5O3. The third-order valence-corrected chi connectivity index (χ3v) is 5.28. The smallest absolute Gasteiger partial charge is 0.367 e. The van der Waals surface area contributed by atoms with Crippen LogP contribution < -0.4 is 21.7 Å². The fraction of sp³-hybridized carbons (Fsp3) is 0.200. The van der Waals surface area contributed by atoms with Crippen LogP contribution in [0.1, 0.15) is 21.5 Å². The number of benzene rings is 2. The molecule has 0 spiro atoms. The maximum atomic E-state index is 13.0. The lowest BCUT2D eigenvalue weighted by atomic mass is 9.84. The molecule has 2 aromatic rings. The number of nitrogens with zero attached hydrogens (tertiary/aromatic N) is 1. The van der Waals surface area contributed by atoms with Crippen molar-refractivity contribution in [2.45, 2.75) is 11.7 Å². The minimum absolute atomic E-state index is 0.0156. The van der Waals surface area contributed by atoms with Crippen molar-refractivity contribution in [1.29, 1.82) is 0 Å². The van der Waals surface area contributed by atoms with Crippen molar-refractivity contribution < 1.29 is 27.6 Å². The van der Waals surface area contributed by atoms with Gasteiger partial charge in [0.2, 0.25) is 5.91 Å². The number of carbonyl (C=O) groups is 3. The second-order valence-corrected chi connectivity index (χ2v) is 7.11. The molecule has 0 radical (unpaired) electrons. The largest absolute Gasteiger partial charge is 0.417 e. The predicted octanol–water partition coefficient (Wildman–Crippen LogP) is 2.04. The molecule has 3 amide bonds. The molecule has 2 aromatic carbocycles. The number of anilines is 1. The Labute approximate surface area is 185 Å². The molecule has 1 aliphatic heterocycles. The highest BCUT2D eigenvalue weighted by Gasteiger charge is 2.49. The Balaban J connectivity index is 1.88. The van der Waals surface area contributed by atoms with E-state index in [9.17, 15) is 27.6 Å². The Morgan fingerprint density at radius 1 is 1.12 bits per heavy atom. The summed E-state index contributed by atoms with van der Waals surface area (Å²) in [5.41, 5.74) is 2.81. The Morgan fingerprint density at radius 2 is 1.78 bits per heavy atom. The number of aliphatic imine (C=N–C) groups is 1. The maximum absolute atomic E-state index is 13.0. The molecule has 5 N–H and O–H groups in total. The summed E-state index contributed by atoms with van der Waals surface area (Å²) >= 11 is 5.79. The summed E-state index contributed by atoms with van der Waals surface area (Å²) in [4.78, 5) is 41.0. The zero-order valence-corrected chi connectivity index (χ0v) is 17.3. The molecule has 0 fully saturated rings. The first-order valence-electron chi connectivity index (χ1n) is 9.12. The quantitative estimate of drug-likeness (QED) is 0.537. The maximum Gasteiger partial charge on any atom is 0.417 e. The number of hydrogen-bond donors (Lipinski definition) is 4. The number of nitrogens with one attached hydrogen (secondary N) is 3. The summed E-state index contributed by atoms with van der Waals surface area (Å²) < 4.78 is 39.1. The van der Waals surface area contributed by atoms with Gasteiger partial charge in [-0.15, -0.1) is 0 Å². The summed E-state index contributed by atoms with van der Waals surface area (Å²) in [6.07, 6.45) is -4.71. The van der Waals surface area contributed by atoms with Crippen LogP contribution in [0.15, 0.2) is 47.5 Å². The van der Waals surface area contributed by atoms with Crippen LogP contribution in [0.5, 0.6) is 0 Å². The highest BCUT2D eigenvalue weighted by atomic mass is 35.5. The minimum Gasteiger partial charge on any atom is -0.367 e. The van der Waals surface area contributed by atoms with Gasteiger partial charge in [0.05, 0.1) is 22.8 Å². The van der Waals surface area contributed by atoms with Crippen LogP contribution >= 0.6 is 11.6 Å². The molecule has 0 saturated heterocycles. The van der Waals surface area contributed by atoms with E-state index in [0.29, 0.717) is 5.56 Å². The summed E-state index contributed by atoms with van der Waals surface area (Å²) in [5, 5.41) is 6.94. The van der Waals surface area contributed by atoms with Gasteiger partial charge in [-0.25, -0.2) is 0 Å². The first kappa shape index (κ1) is 23.2. The predicted molar refractivity (Wildman–Crippen MR) is 111 cm³/mol. The van der Waals surface area contributed by atoms with Crippen molar-refractivity contribution >= 4 is 40.7 Å². The van der Waals surface area contributed by atoms with E-state index in [1.165, 1.54) is 31.3 Å². The number of primary amides is 1. The minimum atomic E-state index is -4.71. The van der Waals surface area contributed by atoms with Crippen LogP contribution in [0.4, 0.5) is 18.9 Å². The molecule has 1 unspecified atom stereocenters. The lowest BCUT2D eigenvalue weighted by Crippen LogP contribution is -2.58. The third-order valence-electron chi connectivity index (χ3n) is 4.87. The Hall–Kier alpha value is -3.44. The van der Waals surface area contributed by atoms with Gasteiger partial charge >= 0.3 is 6.18 Å². The van der Waals surface area contributed by atoms with E-state index in [-0.39, 0.29) is 23.6 Å². The van der Waals surface area contributed by atoms with Gasteiger partial charge in [-0.3, -0.25) is 24.7 Å². The van der Waals surface area contributed by atoms with Gasteiger partial charge in [0.15, 0.2) is 5.54 Å². The Kier molecular flexibility index (Phi) is 6.24. The van der Waals surface area contributed by atoms with Gasteiger partial charge in [0.1, 0.15) is 5.71 Å². The molecule has 1 atom stereocenters. The molecule has 8 nitrogen and oxygen atoms in total. The van der Waals surface area contributed by atoms with Gasteiger partial charge < -0.3 is 16.4 Å². The number of amides is 3. The molecule has 3 rings (SSSR count). The molecule has 0 saturated carbocycles. The molecule has 0 aromatic heterocycles. The van der Waals surface area contributed by atoms with Crippen molar-refractivity contribution in [1.82, 2.24) is 10.6 Å². The number of carbonyl (C=O) groups excluding carboxylic acids is 3. The molecular weight excluding hydrogens is 451 g/mol. The van der Waals surface area contributed by atoms with Gasteiger partial charge in [0.25, 0.3) is 11.8 Å². The molecule has 0 aliphatic carbocycles. The van der Waals surface area contributed by atoms with E-state index in [1.54, 1.807) is 0 Å². The topological polar surface area (TPSA) is 126 Å². The zero-order valence-electron chi connectivity index (χ0n) is 16.5. The van der Waals surface area contributed by atoms with Crippen molar-refractivity contribution in [3.05, 3.63) is 64.2 Å². The van der Waals surface area contributed by atoms with Crippen LogP contribution in [0, 0.1) is 0 Å². The highest BCUT2D eigenvalue weighted by Crippen LogP contribution is 2.36. The standard InChI is InChI=1S/C20H17ClF3N5O3/c1-26-17(31)15-19(18(25)32,28-9-27-15)10-5-7-11(8-6-10)29-16(30)12-3-2-4-13(14(12)21)20(22,23)24/h2-8,28H,9H2,1H3,(H2,25,32)(H,26,31)(H,29,30). The second kappa shape index (κ2) is 8.60. The Morgan fingerprint density at radius 3 is 2.34 bits per heavy atom. The van der Waals surface area contributed by atoms with Crippen LogP contribution in [-0.2, 0) is 21.3 Å². The zero-order chi connectivity index (χ0) is 23.7. The molecule has 32 heavy (non-hydrogen) atoms. The second-order valence-electron chi connectivity index (χ2n) is 6.73. The summed E-state index contributed by atoms with van der Waals surface area (Å²) in [6, 6.07) is 8.70. The average molecular weight is 468 g/mol. The van der Waals surface area contributed by atoms with Crippen LogP contribution in [0.25, 0.3) is 0 Å². The lowest BCUT2D eigenvalue weighted by Gasteiger charge is -2.27. The van der Waals surface area contributed by atoms with Crippen molar-refractivity contribution in [3.8, 4) is 0 Å². The molecule has 168 valence electrons. The van der Waals surface area contributed by atoms with Crippen LogP contribution in [0.3, 0.4) is 0 Å². The lowest BCUT2D eigenvalue weighted by molar-refractivity contribution is -0.137. The number of hydrogen-bond acceptors (Lipinski definition) is 5. The van der Waals surface area contributed by atoms with Gasteiger partial charge in [-0.1, -0.05) is 29.8 Å². The van der Waals surface area contributed by atoms with E-state index < -0.39 is 40.0 Å². The Bertz CT molecular complexity index is 1120. The van der Waals surface area contributed by atoms with Crippen LogP contribution in [0.2, 0.25) is 5.02 Å². The van der Waals surface area contributed by atoms with Crippen molar-refractivity contribution in [2.75, 3.05) is 19.0 Å². The summed E-state index contributed by atoms with van der Waals surface area (Å²) in [7, 11) is 1.38. The molecule has 0 bridgehead atoms. The normalized spacial score (nSPS) is 18.1. The monoisotopic (exact) mass is 467 g/mol. The average Bonchev–Trinajstić information content (AvgIpc) is 3.19. The van der Waals surface area contributed by atoms with Gasteiger partial charge in [-0.2, -0.15) is 13.2 Å². The van der Waals surface area contributed by atoms with Crippen molar-refractivity contribution in [2.24, 2.45) is 10.7 Å². The van der Waals surface area contributed by atoms with E-state index in [0.717, 1.165) is 18.2 Å². The number of halogens is 4. The molecule has 1 heterocycles. The number of rotatable bonds is 5. The summed E-state index contributed by atoms with van der Waals surface area (Å²) in [5.74, 6) is -2.31. The van der Waals surface area contributed by atoms with E-state index in [1.807, 2.05) is 0 Å². The molecule has 1 aliphatic rings. The van der Waals surface area contributed by atoms with Gasteiger partial charge in [0, 0.05) is 12.7 Å². The number of alkyl halides is 3. The van der Waals surface area contributed by atoms with E-state index >= 15 is 0 Å². The van der Waals surface area contributed by atoms with Crippen LogP contribution in [-0.4, -0.2) is 37.1 Å². The highest BCUT2D eigenvalue weighted by molar-refractivity contribution is 6.47. The van der Waals surface area contributed by atoms with E-state index in [2.05, 4.69) is 20.9 Å². The SMILES string of the molecule is CNC(=O)C1=NCNC1(C(N)=O)c1ccc(NC(=O)c2cccc(C(F)(F)F)c2Cl)cc1. The fourth-order valence-electron chi connectivity index (χ4n) is 3.31. The van der Waals surface area contributed by atoms with E-state index in [4.69, 9.17) is 17.3 Å². The first-order valence-corrected chi connectivity index (χ1v) is 9.49. The first-order chi connectivity index (χ1) is 15.0.